The Morgan fingerprint density at radius 2 is 1.89 bits per heavy atom. The minimum absolute atomic E-state index is 0.108. The van der Waals surface area contributed by atoms with Gasteiger partial charge in [-0.2, -0.15) is 0 Å². The molecule has 96 valence electrons. The lowest BCUT2D eigenvalue weighted by molar-refractivity contribution is -0.104. The fraction of sp³-hybridized carbons (Fsp3) is 0.357. The maximum Gasteiger partial charge on any atom is 0.142 e. The van der Waals surface area contributed by atoms with E-state index in [1.165, 1.54) is 0 Å². The van der Waals surface area contributed by atoms with E-state index in [1.807, 2.05) is 30.3 Å². The van der Waals surface area contributed by atoms with E-state index in [1.54, 1.807) is 6.08 Å². The summed E-state index contributed by atoms with van der Waals surface area (Å²) in [7, 11) is 0. The Labute approximate surface area is 112 Å². The van der Waals surface area contributed by atoms with Crippen molar-refractivity contribution in [2.24, 2.45) is 0 Å². The largest absolute Gasteiger partial charge is 0.379 e. The number of morpholine rings is 1. The summed E-state index contributed by atoms with van der Waals surface area (Å²) in [6.07, 6.45) is 4.28. The highest BCUT2D eigenvalue weighted by Gasteiger charge is 2.20. The van der Waals surface area contributed by atoms with Crippen LogP contribution in [-0.4, -0.2) is 37.5 Å². The van der Waals surface area contributed by atoms with Gasteiger partial charge < -0.3 is 4.74 Å². The zero-order chi connectivity index (χ0) is 12.8. The Morgan fingerprint density at radius 1 is 1.22 bits per heavy atom. The van der Waals surface area contributed by atoms with Crippen LogP contribution < -0.4 is 0 Å². The molecule has 1 aromatic carbocycles. The standard InChI is InChI=1S/C14H16ClNO2/c15-13-5-3-12(4-6-13)14(2-1-9-17)16-7-10-18-11-8-16/h1-6,9,14H,7-8,10-11H2/b2-1+. The Morgan fingerprint density at radius 3 is 2.50 bits per heavy atom. The quantitative estimate of drug-likeness (QED) is 0.619. The van der Waals surface area contributed by atoms with E-state index in [9.17, 15) is 4.79 Å². The molecule has 1 unspecified atom stereocenters. The molecule has 1 fully saturated rings. The molecule has 0 bridgehead atoms. The van der Waals surface area contributed by atoms with Gasteiger partial charge in [0.1, 0.15) is 6.29 Å². The molecule has 1 aliphatic rings. The maximum atomic E-state index is 10.5. The van der Waals surface area contributed by atoms with E-state index in [-0.39, 0.29) is 6.04 Å². The van der Waals surface area contributed by atoms with Crippen molar-refractivity contribution in [3.63, 3.8) is 0 Å². The van der Waals surface area contributed by atoms with Gasteiger partial charge in [-0.3, -0.25) is 9.69 Å². The number of carbonyl (C=O) groups is 1. The van der Waals surface area contributed by atoms with Crippen molar-refractivity contribution in [1.82, 2.24) is 4.90 Å². The van der Waals surface area contributed by atoms with Crippen LogP contribution >= 0.6 is 11.6 Å². The van der Waals surface area contributed by atoms with E-state index in [4.69, 9.17) is 16.3 Å². The van der Waals surface area contributed by atoms with Crippen LogP contribution in [0.4, 0.5) is 0 Å². The molecule has 1 aliphatic heterocycles. The molecule has 4 heteroatoms. The summed E-state index contributed by atoms with van der Waals surface area (Å²) in [4.78, 5) is 12.8. The first-order valence-electron chi connectivity index (χ1n) is 6.00. The van der Waals surface area contributed by atoms with E-state index in [0.717, 1.165) is 43.2 Å². The average Bonchev–Trinajstić information content (AvgIpc) is 2.42. The van der Waals surface area contributed by atoms with Crippen molar-refractivity contribution in [2.45, 2.75) is 6.04 Å². The molecule has 0 N–H and O–H groups in total. The number of hydrogen-bond donors (Lipinski definition) is 0. The topological polar surface area (TPSA) is 29.5 Å². The average molecular weight is 266 g/mol. The smallest absolute Gasteiger partial charge is 0.142 e. The fourth-order valence-corrected chi connectivity index (χ4v) is 2.24. The normalized spacial score (nSPS) is 18.9. The minimum atomic E-state index is 0.108. The third-order valence-corrected chi connectivity index (χ3v) is 3.27. The lowest BCUT2D eigenvalue weighted by Crippen LogP contribution is -2.38. The zero-order valence-corrected chi connectivity index (χ0v) is 10.8. The summed E-state index contributed by atoms with van der Waals surface area (Å²) in [6, 6.07) is 7.85. The highest BCUT2D eigenvalue weighted by atomic mass is 35.5. The van der Waals surface area contributed by atoms with Gasteiger partial charge >= 0.3 is 0 Å². The summed E-state index contributed by atoms with van der Waals surface area (Å²) in [5, 5.41) is 0.721. The molecule has 0 amide bonds. The van der Waals surface area contributed by atoms with E-state index < -0.39 is 0 Å². The SMILES string of the molecule is O=C/C=C/C(c1ccc(Cl)cc1)N1CCOCC1. The minimum Gasteiger partial charge on any atom is -0.379 e. The highest BCUT2D eigenvalue weighted by Crippen LogP contribution is 2.24. The van der Waals surface area contributed by atoms with Crippen LogP contribution in [0.25, 0.3) is 0 Å². The van der Waals surface area contributed by atoms with Gasteiger partial charge in [0.05, 0.1) is 19.3 Å². The number of ether oxygens (including phenoxy) is 1. The van der Waals surface area contributed by atoms with Crippen LogP contribution in [0.1, 0.15) is 11.6 Å². The Kier molecular flexibility index (Phi) is 4.93. The molecule has 0 aromatic heterocycles. The summed E-state index contributed by atoms with van der Waals surface area (Å²) >= 11 is 5.90. The summed E-state index contributed by atoms with van der Waals surface area (Å²) in [6.45, 7) is 3.21. The molecule has 0 aliphatic carbocycles. The highest BCUT2D eigenvalue weighted by molar-refractivity contribution is 6.30. The van der Waals surface area contributed by atoms with Crippen molar-refractivity contribution < 1.29 is 9.53 Å². The number of halogens is 1. The van der Waals surface area contributed by atoms with Gasteiger partial charge in [0.25, 0.3) is 0 Å². The zero-order valence-electron chi connectivity index (χ0n) is 10.1. The molecule has 1 atom stereocenters. The first-order chi connectivity index (χ1) is 8.81. The number of nitrogens with zero attached hydrogens (tertiary/aromatic N) is 1. The second kappa shape index (κ2) is 6.69. The van der Waals surface area contributed by atoms with Crippen LogP contribution in [0.15, 0.2) is 36.4 Å². The van der Waals surface area contributed by atoms with E-state index >= 15 is 0 Å². The number of hydrogen-bond acceptors (Lipinski definition) is 3. The fourth-order valence-electron chi connectivity index (χ4n) is 2.11. The summed E-state index contributed by atoms with van der Waals surface area (Å²) in [5.74, 6) is 0. The molecule has 1 aromatic rings. The Bertz CT molecular complexity index is 410. The number of allylic oxidation sites excluding steroid dienone is 1. The van der Waals surface area contributed by atoms with Gasteiger partial charge in [-0.25, -0.2) is 0 Å². The van der Waals surface area contributed by atoms with Gasteiger partial charge in [0.2, 0.25) is 0 Å². The number of rotatable bonds is 4. The third-order valence-electron chi connectivity index (χ3n) is 3.02. The molecule has 1 saturated heterocycles. The van der Waals surface area contributed by atoms with Gasteiger partial charge in [-0.1, -0.05) is 29.8 Å². The van der Waals surface area contributed by atoms with Crippen molar-refractivity contribution in [1.29, 1.82) is 0 Å². The van der Waals surface area contributed by atoms with Crippen molar-refractivity contribution in [3.05, 3.63) is 47.0 Å². The van der Waals surface area contributed by atoms with Crippen LogP contribution in [0.3, 0.4) is 0 Å². The summed E-state index contributed by atoms with van der Waals surface area (Å²) in [5.41, 5.74) is 1.14. The van der Waals surface area contributed by atoms with E-state index in [0.29, 0.717) is 0 Å². The van der Waals surface area contributed by atoms with Gasteiger partial charge in [0, 0.05) is 18.1 Å². The monoisotopic (exact) mass is 265 g/mol. The van der Waals surface area contributed by atoms with Crippen molar-refractivity contribution in [3.8, 4) is 0 Å². The molecule has 0 spiro atoms. The van der Waals surface area contributed by atoms with Gasteiger partial charge in [-0.15, -0.1) is 0 Å². The molecular weight excluding hydrogens is 250 g/mol. The molecule has 0 radical (unpaired) electrons. The van der Waals surface area contributed by atoms with Crippen LogP contribution in [0.5, 0.6) is 0 Å². The molecule has 1 heterocycles. The predicted molar refractivity (Wildman–Crippen MR) is 71.8 cm³/mol. The number of carbonyl (C=O) groups excluding carboxylic acids is 1. The van der Waals surface area contributed by atoms with Gasteiger partial charge in [0.15, 0.2) is 0 Å². The Hall–Kier alpha value is -1.16. The van der Waals surface area contributed by atoms with Crippen molar-refractivity contribution >= 4 is 17.9 Å². The molecule has 0 saturated carbocycles. The molecule has 3 nitrogen and oxygen atoms in total. The second-order valence-electron chi connectivity index (χ2n) is 4.17. The van der Waals surface area contributed by atoms with Crippen LogP contribution in [0, 0.1) is 0 Å². The Balaban J connectivity index is 2.20. The van der Waals surface area contributed by atoms with E-state index in [2.05, 4.69) is 4.90 Å². The molecular formula is C14H16ClNO2. The van der Waals surface area contributed by atoms with Crippen molar-refractivity contribution in [2.75, 3.05) is 26.3 Å². The number of aldehydes is 1. The molecule has 2 rings (SSSR count). The van der Waals surface area contributed by atoms with Crippen LogP contribution in [-0.2, 0) is 9.53 Å². The first kappa shape index (κ1) is 13.3. The first-order valence-corrected chi connectivity index (χ1v) is 6.38. The number of benzene rings is 1. The second-order valence-corrected chi connectivity index (χ2v) is 4.60. The lowest BCUT2D eigenvalue weighted by atomic mass is 10.0. The molecule has 18 heavy (non-hydrogen) atoms. The predicted octanol–water partition coefficient (Wildman–Crippen LogP) is 2.47. The lowest BCUT2D eigenvalue weighted by Gasteiger charge is -2.33. The third kappa shape index (κ3) is 3.42. The van der Waals surface area contributed by atoms with Gasteiger partial charge in [-0.05, 0) is 23.8 Å². The summed E-state index contributed by atoms with van der Waals surface area (Å²) < 4.78 is 5.35. The van der Waals surface area contributed by atoms with Crippen LogP contribution in [0.2, 0.25) is 5.02 Å². The maximum absolute atomic E-state index is 10.5.